The van der Waals surface area contributed by atoms with Crippen LogP contribution in [0.4, 0.5) is 11.5 Å². The summed E-state index contributed by atoms with van der Waals surface area (Å²) in [5.74, 6) is 1.06. The summed E-state index contributed by atoms with van der Waals surface area (Å²) < 4.78 is 0.963. The highest BCUT2D eigenvalue weighted by molar-refractivity contribution is 9.10. The lowest BCUT2D eigenvalue weighted by molar-refractivity contribution is -0.117. The summed E-state index contributed by atoms with van der Waals surface area (Å²) >= 11 is 3.38. The molecule has 1 aromatic heterocycles. The molecule has 1 amide bonds. The molecule has 2 aromatic rings. The molecule has 1 fully saturated rings. The molecule has 5 heteroatoms. The van der Waals surface area contributed by atoms with Gasteiger partial charge in [-0.1, -0.05) is 12.1 Å². The largest absolute Gasteiger partial charge is 0.364 e. The number of hydrogen-bond donors (Lipinski definition) is 1. The van der Waals surface area contributed by atoms with Gasteiger partial charge in [-0.2, -0.15) is 0 Å². The predicted molar refractivity (Wildman–Crippen MR) is 92.0 cm³/mol. The molecule has 22 heavy (non-hydrogen) atoms. The van der Waals surface area contributed by atoms with E-state index >= 15 is 0 Å². The maximum absolute atomic E-state index is 11.8. The van der Waals surface area contributed by atoms with Crippen LogP contribution in [0.3, 0.4) is 0 Å². The van der Waals surface area contributed by atoms with Crippen molar-refractivity contribution in [3.63, 3.8) is 0 Å². The van der Waals surface area contributed by atoms with Crippen molar-refractivity contribution in [2.75, 3.05) is 16.8 Å². The van der Waals surface area contributed by atoms with Gasteiger partial charge in [-0.3, -0.25) is 4.79 Å². The Hall–Kier alpha value is -1.88. The van der Waals surface area contributed by atoms with E-state index in [0.29, 0.717) is 6.42 Å². The van der Waals surface area contributed by atoms with Gasteiger partial charge in [0.1, 0.15) is 5.82 Å². The Balaban J connectivity index is 1.69. The molecule has 1 aromatic carbocycles. The molecular formula is C17H18BrN3O. The zero-order valence-electron chi connectivity index (χ0n) is 12.4. The van der Waals surface area contributed by atoms with Crippen LogP contribution in [0.15, 0.2) is 47.1 Å². The normalized spacial score (nSPS) is 15.9. The van der Waals surface area contributed by atoms with Crippen molar-refractivity contribution < 1.29 is 4.79 Å². The van der Waals surface area contributed by atoms with E-state index in [0.717, 1.165) is 28.9 Å². The quantitative estimate of drug-likeness (QED) is 0.891. The smallest absolute Gasteiger partial charge is 0.227 e. The van der Waals surface area contributed by atoms with E-state index < -0.39 is 0 Å². The monoisotopic (exact) mass is 359 g/mol. The van der Waals surface area contributed by atoms with Crippen LogP contribution < -0.4 is 10.2 Å². The van der Waals surface area contributed by atoms with Crippen molar-refractivity contribution in [1.82, 2.24) is 4.98 Å². The lowest BCUT2D eigenvalue weighted by Crippen LogP contribution is -2.23. The van der Waals surface area contributed by atoms with Gasteiger partial charge in [0.05, 0.1) is 0 Å². The highest BCUT2D eigenvalue weighted by Gasteiger charge is 2.21. The minimum absolute atomic E-state index is 0.150. The van der Waals surface area contributed by atoms with Crippen LogP contribution in [0.2, 0.25) is 0 Å². The standard InChI is InChI=1S/C17H18BrN3O/c1-12(20-16-9-6-14(18)11-19-16)13-4-7-15(8-5-13)21-10-2-3-17(21)22/h4-9,11-12H,2-3,10H2,1H3,(H,19,20). The average Bonchev–Trinajstić information content (AvgIpc) is 2.96. The lowest BCUT2D eigenvalue weighted by atomic mass is 10.1. The number of aromatic nitrogens is 1. The Kier molecular flexibility index (Phi) is 4.43. The number of anilines is 2. The molecule has 0 spiro atoms. The first-order chi connectivity index (χ1) is 10.6. The Morgan fingerprint density at radius 3 is 2.59 bits per heavy atom. The van der Waals surface area contributed by atoms with Crippen molar-refractivity contribution in [2.45, 2.75) is 25.8 Å². The van der Waals surface area contributed by atoms with Crippen LogP contribution in [0.1, 0.15) is 31.4 Å². The molecule has 1 aliphatic rings. The molecule has 1 saturated heterocycles. The van der Waals surface area contributed by atoms with E-state index in [2.05, 4.69) is 45.3 Å². The Bertz CT molecular complexity index is 655. The number of hydrogen-bond acceptors (Lipinski definition) is 3. The van der Waals surface area contributed by atoms with Gasteiger partial charge >= 0.3 is 0 Å². The van der Waals surface area contributed by atoms with Crippen LogP contribution in [0, 0.1) is 0 Å². The first kappa shape index (κ1) is 15.0. The van der Waals surface area contributed by atoms with Gasteiger partial charge in [-0.05, 0) is 59.1 Å². The van der Waals surface area contributed by atoms with Crippen molar-refractivity contribution in [1.29, 1.82) is 0 Å². The summed E-state index contributed by atoms with van der Waals surface area (Å²) in [5, 5.41) is 3.37. The Morgan fingerprint density at radius 2 is 2.00 bits per heavy atom. The van der Waals surface area contributed by atoms with Gasteiger partial charge in [0.25, 0.3) is 0 Å². The molecule has 0 aliphatic carbocycles. The molecule has 1 N–H and O–H groups in total. The van der Waals surface area contributed by atoms with E-state index in [1.54, 1.807) is 6.20 Å². The Labute approximate surface area is 138 Å². The van der Waals surface area contributed by atoms with Crippen LogP contribution in [-0.2, 0) is 4.79 Å². The second kappa shape index (κ2) is 6.48. The highest BCUT2D eigenvalue weighted by atomic mass is 79.9. The molecule has 3 rings (SSSR count). The van der Waals surface area contributed by atoms with E-state index in [1.165, 1.54) is 5.56 Å². The molecule has 1 atom stereocenters. The van der Waals surface area contributed by atoms with Crippen molar-refractivity contribution in [3.05, 3.63) is 52.6 Å². The molecule has 0 saturated carbocycles. The number of rotatable bonds is 4. The van der Waals surface area contributed by atoms with Crippen LogP contribution in [-0.4, -0.2) is 17.4 Å². The maximum Gasteiger partial charge on any atom is 0.227 e. The van der Waals surface area contributed by atoms with E-state index in [-0.39, 0.29) is 11.9 Å². The van der Waals surface area contributed by atoms with Crippen LogP contribution in [0.5, 0.6) is 0 Å². The van der Waals surface area contributed by atoms with Gasteiger partial charge in [-0.25, -0.2) is 4.98 Å². The molecule has 1 unspecified atom stereocenters. The van der Waals surface area contributed by atoms with Crippen LogP contribution >= 0.6 is 15.9 Å². The summed E-state index contributed by atoms with van der Waals surface area (Å²) in [4.78, 5) is 17.9. The minimum Gasteiger partial charge on any atom is -0.364 e. The molecule has 4 nitrogen and oxygen atoms in total. The van der Waals surface area contributed by atoms with Gasteiger partial charge < -0.3 is 10.2 Å². The number of nitrogens with zero attached hydrogens (tertiary/aromatic N) is 2. The third-order valence-electron chi connectivity index (χ3n) is 3.87. The first-order valence-corrected chi connectivity index (χ1v) is 8.21. The van der Waals surface area contributed by atoms with Gasteiger partial charge in [0.2, 0.25) is 5.91 Å². The fourth-order valence-corrected chi connectivity index (χ4v) is 2.86. The summed E-state index contributed by atoms with van der Waals surface area (Å²) in [6.45, 7) is 2.93. The summed E-state index contributed by atoms with van der Waals surface area (Å²) in [5.41, 5.74) is 2.15. The van der Waals surface area contributed by atoms with Crippen molar-refractivity contribution >= 4 is 33.3 Å². The second-order valence-electron chi connectivity index (χ2n) is 5.47. The fourth-order valence-electron chi connectivity index (χ4n) is 2.63. The molecule has 114 valence electrons. The lowest BCUT2D eigenvalue weighted by Gasteiger charge is -2.18. The zero-order valence-corrected chi connectivity index (χ0v) is 14.0. The van der Waals surface area contributed by atoms with Gasteiger partial charge in [0, 0.05) is 35.4 Å². The molecule has 0 radical (unpaired) electrons. The zero-order chi connectivity index (χ0) is 15.5. The number of carbonyl (C=O) groups is 1. The number of halogens is 1. The van der Waals surface area contributed by atoms with Crippen molar-refractivity contribution in [2.24, 2.45) is 0 Å². The third kappa shape index (κ3) is 3.30. The maximum atomic E-state index is 11.8. The van der Waals surface area contributed by atoms with E-state index in [4.69, 9.17) is 0 Å². The number of amides is 1. The third-order valence-corrected chi connectivity index (χ3v) is 4.34. The first-order valence-electron chi connectivity index (χ1n) is 7.42. The minimum atomic E-state index is 0.150. The summed E-state index contributed by atoms with van der Waals surface area (Å²) in [6.07, 6.45) is 3.39. The SMILES string of the molecule is CC(Nc1ccc(Br)cn1)c1ccc(N2CCCC2=O)cc1. The number of benzene rings is 1. The number of pyridine rings is 1. The highest BCUT2D eigenvalue weighted by Crippen LogP contribution is 2.25. The summed E-state index contributed by atoms with van der Waals surface area (Å²) in [6, 6.07) is 12.2. The molecule has 2 heterocycles. The Morgan fingerprint density at radius 1 is 1.23 bits per heavy atom. The van der Waals surface area contributed by atoms with Gasteiger partial charge in [-0.15, -0.1) is 0 Å². The number of carbonyl (C=O) groups excluding carboxylic acids is 1. The molecule has 1 aliphatic heterocycles. The van der Waals surface area contributed by atoms with E-state index in [9.17, 15) is 4.79 Å². The van der Waals surface area contributed by atoms with Crippen molar-refractivity contribution in [3.8, 4) is 0 Å². The fraction of sp³-hybridized carbons (Fsp3) is 0.294. The molecular weight excluding hydrogens is 342 g/mol. The van der Waals surface area contributed by atoms with Gasteiger partial charge in [0.15, 0.2) is 0 Å². The average molecular weight is 360 g/mol. The number of nitrogens with one attached hydrogen (secondary N) is 1. The predicted octanol–water partition coefficient (Wildman–Crippen LogP) is 4.14. The van der Waals surface area contributed by atoms with Crippen LogP contribution in [0.25, 0.3) is 0 Å². The molecule has 0 bridgehead atoms. The topological polar surface area (TPSA) is 45.2 Å². The summed E-state index contributed by atoms with van der Waals surface area (Å²) in [7, 11) is 0. The van der Waals surface area contributed by atoms with E-state index in [1.807, 2.05) is 29.2 Å². The second-order valence-corrected chi connectivity index (χ2v) is 6.38.